The molecule has 2 rings (SSSR count). The monoisotopic (exact) mass is 194 g/mol. The zero-order valence-corrected chi connectivity index (χ0v) is 8.44. The van der Waals surface area contributed by atoms with Gasteiger partial charge in [-0.3, -0.25) is 5.41 Å². The van der Waals surface area contributed by atoms with E-state index in [4.69, 9.17) is 5.41 Å². The van der Waals surface area contributed by atoms with E-state index in [1.807, 2.05) is 11.4 Å². The summed E-state index contributed by atoms with van der Waals surface area (Å²) >= 11 is 1.66. The van der Waals surface area contributed by atoms with Gasteiger partial charge < -0.3 is 4.90 Å². The molecule has 0 radical (unpaired) electrons. The Balaban J connectivity index is 2.04. The lowest BCUT2D eigenvalue weighted by Crippen LogP contribution is -2.35. The summed E-state index contributed by atoms with van der Waals surface area (Å²) in [6.45, 7) is 2.13. The van der Waals surface area contributed by atoms with E-state index in [9.17, 15) is 0 Å². The molecule has 0 aliphatic carbocycles. The lowest BCUT2D eigenvalue weighted by atomic mass is 10.1. The summed E-state index contributed by atoms with van der Waals surface area (Å²) in [4.78, 5) is 2.19. The molecule has 1 aromatic rings. The largest absolute Gasteiger partial charge is 0.357 e. The van der Waals surface area contributed by atoms with E-state index in [1.165, 1.54) is 19.3 Å². The van der Waals surface area contributed by atoms with Crippen LogP contribution in [0.2, 0.25) is 0 Å². The highest BCUT2D eigenvalue weighted by atomic mass is 32.1. The first kappa shape index (κ1) is 8.75. The summed E-state index contributed by atoms with van der Waals surface area (Å²) < 4.78 is 0. The summed E-state index contributed by atoms with van der Waals surface area (Å²) in [6.07, 6.45) is 3.81. The van der Waals surface area contributed by atoms with Gasteiger partial charge in [-0.05, 0) is 30.7 Å². The molecule has 2 nitrogen and oxygen atoms in total. The van der Waals surface area contributed by atoms with Gasteiger partial charge in [-0.2, -0.15) is 11.3 Å². The lowest BCUT2D eigenvalue weighted by molar-refractivity contribution is 0.341. The van der Waals surface area contributed by atoms with Crippen molar-refractivity contribution >= 4 is 17.2 Å². The number of thiophene rings is 1. The Morgan fingerprint density at radius 1 is 1.31 bits per heavy atom. The molecule has 0 unspecified atom stereocenters. The standard InChI is InChI=1S/C10H14N2S/c11-10(9-4-7-13-8-9)12-5-2-1-3-6-12/h4,7-8,11H,1-3,5-6H2. The number of nitrogens with zero attached hydrogens (tertiary/aromatic N) is 1. The molecule has 0 atom stereocenters. The molecule has 0 amide bonds. The molecule has 0 saturated carbocycles. The summed E-state index contributed by atoms with van der Waals surface area (Å²) in [5.74, 6) is 0.709. The van der Waals surface area contributed by atoms with Crippen molar-refractivity contribution in [3.63, 3.8) is 0 Å². The predicted octanol–water partition coefficient (Wildman–Crippen LogP) is 2.56. The summed E-state index contributed by atoms with van der Waals surface area (Å²) in [6, 6.07) is 2.03. The van der Waals surface area contributed by atoms with Gasteiger partial charge in [0.25, 0.3) is 0 Å². The molecule has 0 spiro atoms. The van der Waals surface area contributed by atoms with Crippen LogP contribution in [0.5, 0.6) is 0 Å². The second kappa shape index (κ2) is 3.92. The minimum absolute atomic E-state index is 0.709. The molecule has 0 bridgehead atoms. The lowest BCUT2D eigenvalue weighted by Gasteiger charge is -2.28. The Morgan fingerprint density at radius 2 is 2.08 bits per heavy atom. The van der Waals surface area contributed by atoms with E-state index in [0.717, 1.165) is 18.7 Å². The zero-order valence-electron chi connectivity index (χ0n) is 7.62. The fourth-order valence-corrected chi connectivity index (χ4v) is 2.34. The van der Waals surface area contributed by atoms with Gasteiger partial charge in [0.05, 0.1) is 0 Å². The van der Waals surface area contributed by atoms with Crippen LogP contribution in [0, 0.1) is 5.41 Å². The quantitative estimate of drug-likeness (QED) is 0.540. The van der Waals surface area contributed by atoms with Crippen LogP contribution in [0.25, 0.3) is 0 Å². The molecule has 1 aliphatic heterocycles. The fraction of sp³-hybridized carbons (Fsp3) is 0.500. The Kier molecular flexibility index (Phi) is 2.64. The molecular formula is C10H14N2S. The third-order valence-electron chi connectivity index (χ3n) is 2.47. The van der Waals surface area contributed by atoms with Crippen LogP contribution in [-0.4, -0.2) is 23.8 Å². The first-order valence-electron chi connectivity index (χ1n) is 4.74. The van der Waals surface area contributed by atoms with E-state index >= 15 is 0 Å². The molecule has 13 heavy (non-hydrogen) atoms. The molecule has 1 saturated heterocycles. The van der Waals surface area contributed by atoms with Gasteiger partial charge in [-0.25, -0.2) is 0 Å². The van der Waals surface area contributed by atoms with Crippen LogP contribution in [0.4, 0.5) is 0 Å². The van der Waals surface area contributed by atoms with Gasteiger partial charge in [0.1, 0.15) is 5.84 Å². The Hall–Kier alpha value is -0.830. The van der Waals surface area contributed by atoms with Gasteiger partial charge in [-0.1, -0.05) is 0 Å². The molecule has 1 fully saturated rings. The molecule has 2 heterocycles. The summed E-state index contributed by atoms with van der Waals surface area (Å²) in [7, 11) is 0. The minimum Gasteiger partial charge on any atom is -0.357 e. The van der Waals surface area contributed by atoms with Gasteiger partial charge in [0, 0.05) is 24.0 Å². The third kappa shape index (κ3) is 1.91. The number of piperidine rings is 1. The van der Waals surface area contributed by atoms with Crippen molar-refractivity contribution in [2.45, 2.75) is 19.3 Å². The first-order chi connectivity index (χ1) is 6.38. The van der Waals surface area contributed by atoms with Crippen molar-refractivity contribution in [1.82, 2.24) is 4.90 Å². The average molecular weight is 194 g/mol. The number of hydrogen-bond acceptors (Lipinski definition) is 2. The van der Waals surface area contributed by atoms with Gasteiger partial charge in [0.15, 0.2) is 0 Å². The van der Waals surface area contributed by atoms with Crippen LogP contribution in [0.15, 0.2) is 16.8 Å². The number of likely N-dealkylation sites (tertiary alicyclic amines) is 1. The maximum Gasteiger partial charge on any atom is 0.128 e. The molecule has 70 valence electrons. The number of hydrogen-bond donors (Lipinski definition) is 1. The van der Waals surface area contributed by atoms with E-state index in [2.05, 4.69) is 10.3 Å². The van der Waals surface area contributed by atoms with Crippen molar-refractivity contribution in [1.29, 1.82) is 5.41 Å². The topological polar surface area (TPSA) is 27.1 Å². The Bertz CT molecular complexity index is 273. The van der Waals surface area contributed by atoms with Gasteiger partial charge in [0.2, 0.25) is 0 Å². The van der Waals surface area contributed by atoms with Crippen molar-refractivity contribution in [2.24, 2.45) is 0 Å². The number of amidine groups is 1. The first-order valence-corrected chi connectivity index (χ1v) is 5.68. The highest BCUT2D eigenvalue weighted by molar-refractivity contribution is 7.08. The third-order valence-corrected chi connectivity index (χ3v) is 3.15. The van der Waals surface area contributed by atoms with E-state index in [1.54, 1.807) is 11.3 Å². The van der Waals surface area contributed by atoms with E-state index < -0.39 is 0 Å². The minimum atomic E-state index is 0.709. The normalized spacial score (nSPS) is 17.4. The van der Waals surface area contributed by atoms with Crippen molar-refractivity contribution in [3.05, 3.63) is 22.4 Å². The van der Waals surface area contributed by atoms with Crippen LogP contribution in [0.3, 0.4) is 0 Å². The number of rotatable bonds is 1. The average Bonchev–Trinajstić information content (AvgIpc) is 2.71. The maximum absolute atomic E-state index is 7.97. The van der Waals surface area contributed by atoms with Crippen LogP contribution < -0.4 is 0 Å². The van der Waals surface area contributed by atoms with Crippen LogP contribution in [-0.2, 0) is 0 Å². The molecule has 1 aromatic heterocycles. The predicted molar refractivity (Wildman–Crippen MR) is 56.6 cm³/mol. The second-order valence-electron chi connectivity index (χ2n) is 3.41. The van der Waals surface area contributed by atoms with Gasteiger partial charge in [-0.15, -0.1) is 0 Å². The van der Waals surface area contributed by atoms with Crippen LogP contribution in [0.1, 0.15) is 24.8 Å². The van der Waals surface area contributed by atoms with E-state index in [0.29, 0.717) is 5.84 Å². The smallest absolute Gasteiger partial charge is 0.128 e. The summed E-state index contributed by atoms with van der Waals surface area (Å²) in [5.41, 5.74) is 1.08. The highest BCUT2D eigenvalue weighted by Gasteiger charge is 2.14. The van der Waals surface area contributed by atoms with Gasteiger partial charge >= 0.3 is 0 Å². The van der Waals surface area contributed by atoms with Crippen molar-refractivity contribution in [2.75, 3.05) is 13.1 Å². The number of nitrogens with one attached hydrogen (secondary N) is 1. The fourth-order valence-electron chi connectivity index (χ4n) is 1.70. The zero-order chi connectivity index (χ0) is 9.10. The maximum atomic E-state index is 7.97. The van der Waals surface area contributed by atoms with Crippen molar-refractivity contribution in [3.8, 4) is 0 Å². The second-order valence-corrected chi connectivity index (χ2v) is 4.19. The molecule has 1 aliphatic rings. The van der Waals surface area contributed by atoms with E-state index in [-0.39, 0.29) is 0 Å². The SMILES string of the molecule is N=C(c1ccsc1)N1CCCCC1. The summed E-state index contributed by atoms with van der Waals surface area (Å²) in [5, 5.41) is 12.1. The molecular weight excluding hydrogens is 180 g/mol. The highest BCUT2D eigenvalue weighted by Crippen LogP contribution is 2.14. The van der Waals surface area contributed by atoms with Crippen molar-refractivity contribution < 1.29 is 0 Å². The van der Waals surface area contributed by atoms with Crippen LogP contribution >= 0.6 is 11.3 Å². The Labute approximate surface area is 82.7 Å². The molecule has 1 N–H and O–H groups in total. The molecule has 3 heteroatoms. The Morgan fingerprint density at radius 3 is 2.69 bits per heavy atom. The molecule has 0 aromatic carbocycles.